The van der Waals surface area contributed by atoms with Gasteiger partial charge in [0, 0.05) is 31.4 Å². The van der Waals surface area contributed by atoms with Crippen molar-refractivity contribution in [3.63, 3.8) is 0 Å². The highest BCUT2D eigenvalue weighted by atomic mass is 32.2. The monoisotopic (exact) mass is 326 g/mol. The van der Waals surface area contributed by atoms with Crippen LogP contribution in [0.25, 0.3) is 0 Å². The van der Waals surface area contributed by atoms with E-state index in [1.807, 2.05) is 13.8 Å². The number of nitrogens with zero attached hydrogens (tertiary/aromatic N) is 3. The SMILES string of the molecule is CCNc1nc(C)cc(NCCNS(=O)(=O)c2cnoc2)n1. The highest BCUT2D eigenvalue weighted by molar-refractivity contribution is 7.89. The van der Waals surface area contributed by atoms with Crippen LogP contribution in [0.1, 0.15) is 12.6 Å². The molecule has 0 spiro atoms. The average molecular weight is 326 g/mol. The van der Waals surface area contributed by atoms with Crippen molar-refractivity contribution < 1.29 is 12.9 Å². The van der Waals surface area contributed by atoms with Gasteiger partial charge in [0.15, 0.2) is 0 Å². The summed E-state index contributed by atoms with van der Waals surface area (Å²) in [6, 6.07) is 1.79. The molecular formula is C12H18N6O3S. The molecule has 0 aliphatic heterocycles. The molecular weight excluding hydrogens is 308 g/mol. The minimum absolute atomic E-state index is 0.000174. The minimum Gasteiger partial charge on any atom is -0.369 e. The maximum Gasteiger partial charge on any atom is 0.245 e. The van der Waals surface area contributed by atoms with Crippen molar-refractivity contribution in [3.8, 4) is 0 Å². The van der Waals surface area contributed by atoms with E-state index >= 15 is 0 Å². The molecule has 2 aromatic rings. The van der Waals surface area contributed by atoms with Gasteiger partial charge in [-0.05, 0) is 13.8 Å². The van der Waals surface area contributed by atoms with Gasteiger partial charge < -0.3 is 15.2 Å². The summed E-state index contributed by atoms with van der Waals surface area (Å²) in [5, 5.41) is 9.44. The fraction of sp³-hybridized carbons (Fsp3) is 0.417. The predicted molar refractivity (Wildman–Crippen MR) is 81.1 cm³/mol. The van der Waals surface area contributed by atoms with Crippen molar-refractivity contribution in [2.75, 3.05) is 30.3 Å². The molecule has 0 aliphatic rings. The van der Waals surface area contributed by atoms with Gasteiger partial charge in [0.1, 0.15) is 17.0 Å². The predicted octanol–water partition coefficient (Wildman–Crippen LogP) is 0.595. The molecule has 0 aliphatic carbocycles. The number of aryl methyl sites for hydroxylation is 1. The summed E-state index contributed by atoms with van der Waals surface area (Å²) in [6.07, 6.45) is 2.22. The third kappa shape index (κ3) is 4.40. The van der Waals surface area contributed by atoms with Crippen LogP contribution in [0.5, 0.6) is 0 Å². The van der Waals surface area contributed by atoms with E-state index in [1.165, 1.54) is 0 Å². The van der Waals surface area contributed by atoms with Crippen LogP contribution in [0.4, 0.5) is 11.8 Å². The van der Waals surface area contributed by atoms with Crippen molar-refractivity contribution in [2.45, 2.75) is 18.7 Å². The molecule has 0 amide bonds. The molecule has 0 unspecified atom stereocenters. The van der Waals surface area contributed by atoms with Crippen molar-refractivity contribution in [1.29, 1.82) is 0 Å². The summed E-state index contributed by atoms with van der Waals surface area (Å²) in [5.41, 5.74) is 0.818. The summed E-state index contributed by atoms with van der Waals surface area (Å²) in [7, 11) is -3.59. The standard InChI is InChI=1S/C12H18N6O3S/c1-3-13-12-17-9(2)6-11(18-12)14-4-5-16-22(19,20)10-7-15-21-8-10/h6-8,16H,3-5H2,1-2H3,(H2,13,14,17,18). The fourth-order valence-electron chi connectivity index (χ4n) is 1.68. The maximum absolute atomic E-state index is 11.8. The van der Waals surface area contributed by atoms with Crippen molar-refractivity contribution in [1.82, 2.24) is 19.8 Å². The Morgan fingerprint density at radius 1 is 1.23 bits per heavy atom. The first-order chi connectivity index (χ1) is 10.5. The molecule has 3 N–H and O–H groups in total. The van der Waals surface area contributed by atoms with E-state index in [-0.39, 0.29) is 11.4 Å². The number of aromatic nitrogens is 3. The summed E-state index contributed by atoms with van der Waals surface area (Å²) >= 11 is 0. The first kappa shape index (κ1) is 16.2. The zero-order chi connectivity index (χ0) is 16.0. The summed E-state index contributed by atoms with van der Waals surface area (Å²) in [6.45, 7) is 5.13. The molecule has 2 heterocycles. The number of hydrogen-bond acceptors (Lipinski definition) is 8. The number of sulfonamides is 1. The Morgan fingerprint density at radius 3 is 2.73 bits per heavy atom. The van der Waals surface area contributed by atoms with Gasteiger partial charge >= 0.3 is 0 Å². The molecule has 10 heteroatoms. The topological polar surface area (TPSA) is 122 Å². The Labute approximate surface area is 128 Å². The van der Waals surface area contributed by atoms with E-state index in [0.29, 0.717) is 18.3 Å². The Bertz CT molecular complexity index is 702. The van der Waals surface area contributed by atoms with Crippen LogP contribution in [-0.4, -0.2) is 43.2 Å². The second-order valence-corrected chi connectivity index (χ2v) is 6.20. The van der Waals surface area contributed by atoms with Crippen LogP contribution in [0.3, 0.4) is 0 Å². The second-order valence-electron chi connectivity index (χ2n) is 4.43. The summed E-state index contributed by atoms with van der Waals surface area (Å²) in [4.78, 5) is 8.51. The smallest absolute Gasteiger partial charge is 0.245 e. The molecule has 0 fully saturated rings. The lowest BCUT2D eigenvalue weighted by Crippen LogP contribution is -2.28. The first-order valence-electron chi connectivity index (χ1n) is 6.73. The molecule has 0 saturated carbocycles. The Hall–Kier alpha value is -2.20. The fourth-order valence-corrected chi connectivity index (χ4v) is 2.57. The number of hydrogen-bond donors (Lipinski definition) is 3. The van der Waals surface area contributed by atoms with E-state index in [4.69, 9.17) is 0 Å². The van der Waals surface area contributed by atoms with Crippen LogP contribution in [0.2, 0.25) is 0 Å². The molecule has 0 saturated heterocycles. The van der Waals surface area contributed by atoms with Gasteiger partial charge in [-0.1, -0.05) is 5.16 Å². The zero-order valence-electron chi connectivity index (χ0n) is 12.3. The lowest BCUT2D eigenvalue weighted by Gasteiger charge is -2.09. The van der Waals surface area contributed by atoms with Gasteiger partial charge in [0.05, 0.1) is 6.20 Å². The lowest BCUT2D eigenvalue weighted by atomic mass is 10.4. The third-order valence-electron chi connectivity index (χ3n) is 2.63. The third-order valence-corrected chi connectivity index (χ3v) is 4.04. The quantitative estimate of drug-likeness (QED) is 0.603. The molecule has 22 heavy (non-hydrogen) atoms. The summed E-state index contributed by atoms with van der Waals surface area (Å²) in [5.74, 6) is 1.17. The van der Waals surface area contributed by atoms with Gasteiger partial charge in [-0.25, -0.2) is 18.1 Å². The molecule has 0 bridgehead atoms. The van der Waals surface area contributed by atoms with E-state index in [0.717, 1.165) is 24.7 Å². The first-order valence-corrected chi connectivity index (χ1v) is 8.22. The molecule has 0 aromatic carbocycles. The van der Waals surface area contributed by atoms with Crippen LogP contribution in [0.15, 0.2) is 27.9 Å². The van der Waals surface area contributed by atoms with Gasteiger partial charge in [-0.2, -0.15) is 4.98 Å². The van der Waals surface area contributed by atoms with Gasteiger partial charge in [-0.15, -0.1) is 0 Å². The molecule has 9 nitrogen and oxygen atoms in total. The van der Waals surface area contributed by atoms with Gasteiger partial charge in [0.25, 0.3) is 0 Å². The van der Waals surface area contributed by atoms with Crippen molar-refractivity contribution in [3.05, 3.63) is 24.2 Å². The molecule has 0 radical (unpaired) electrons. The van der Waals surface area contributed by atoms with E-state index < -0.39 is 10.0 Å². The van der Waals surface area contributed by atoms with E-state index in [9.17, 15) is 8.42 Å². The molecule has 0 atom stereocenters. The molecule has 2 rings (SSSR count). The van der Waals surface area contributed by atoms with Gasteiger partial charge in [-0.3, -0.25) is 0 Å². The number of rotatable bonds is 8. The van der Waals surface area contributed by atoms with Crippen LogP contribution in [-0.2, 0) is 10.0 Å². The van der Waals surface area contributed by atoms with E-state index in [2.05, 4.69) is 35.0 Å². The minimum atomic E-state index is -3.59. The van der Waals surface area contributed by atoms with Crippen molar-refractivity contribution in [2.24, 2.45) is 0 Å². The van der Waals surface area contributed by atoms with Crippen LogP contribution >= 0.6 is 0 Å². The normalized spacial score (nSPS) is 11.4. The zero-order valence-corrected chi connectivity index (χ0v) is 13.1. The van der Waals surface area contributed by atoms with Gasteiger partial charge in [0.2, 0.25) is 16.0 Å². The van der Waals surface area contributed by atoms with Crippen LogP contribution < -0.4 is 15.4 Å². The Balaban J connectivity index is 1.86. The molecule has 2 aromatic heterocycles. The highest BCUT2D eigenvalue weighted by Crippen LogP contribution is 2.09. The maximum atomic E-state index is 11.8. The van der Waals surface area contributed by atoms with Crippen LogP contribution in [0, 0.1) is 6.92 Å². The Kier molecular flexibility index (Phi) is 5.28. The summed E-state index contributed by atoms with van der Waals surface area (Å²) < 4.78 is 30.6. The van der Waals surface area contributed by atoms with E-state index in [1.54, 1.807) is 6.07 Å². The average Bonchev–Trinajstić information content (AvgIpc) is 2.98. The number of nitrogens with one attached hydrogen (secondary N) is 3. The van der Waals surface area contributed by atoms with Crippen molar-refractivity contribution >= 4 is 21.8 Å². The largest absolute Gasteiger partial charge is 0.369 e. The number of anilines is 2. The highest BCUT2D eigenvalue weighted by Gasteiger charge is 2.15. The molecule has 120 valence electrons. The lowest BCUT2D eigenvalue weighted by molar-refractivity contribution is 0.417. The second kappa shape index (κ2) is 7.18. The Morgan fingerprint density at radius 2 is 2.05 bits per heavy atom.